The zero-order valence-electron chi connectivity index (χ0n) is 11.2. The molecule has 0 amide bonds. The summed E-state index contributed by atoms with van der Waals surface area (Å²) in [6.07, 6.45) is 10.1. The molecule has 0 saturated heterocycles. The molecule has 1 rings (SSSR count). The standard InChI is InChI=1S/C13H25N3S/c1-3-5-6-7-8-9-11-16-12(10-4-2)14-15-13(16)17/h3-11H2,1-2H3,(H,15,17). The van der Waals surface area contributed by atoms with Crippen molar-refractivity contribution in [2.75, 3.05) is 0 Å². The third-order valence-corrected chi connectivity index (χ3v) is 3.36. The molecule has 0 aliphatic carbocycles. The number of unbranched alkanes of at least 4 members (excludes halogenated alkanes) is 5. The molecule has 98 valence electrons. The van der Waals surface area contributed by atoms with Crippen molar-refractivity contribution < 1.29 is 0 Å². The predicted octanol–water partition coefficient (Wildman–Crippen LogP) is 4.25. The number of aryl methyl sites for hydroxylation is 1. The lowest BCUT2D eigenvalue weighted by Crippen LogP contribution is -2.04. The molecule has 0 radical (unpaired) electrons. The summed E-state index contributed by atoms with van der Waals surface area (Å²) in [5, 5.41) is 7.18. The van der Waals surface area contributed by atoms with E-state index in [1.54, 1.807) is 0 Å². The summed E-state index contributed by atoms with van der Waals surface area (Å²) in [6, 6.07) is 0. The minimum Gasteiger partial charge on any atom is -0.304 e. The molecule has 1 aromatic heterocycles. The molecule has 4 heteroatoms. The molecular formula is C13H25N3S. The van der Waals surface area contributed by atoms with E-state index in [4.69, 9.17) is 12.2 Å². The quantitative estimate of drug-likeness (QED) is 0.528. The lowest BCUT2D eigenvalue weighted by molar-refractivity contribution is 0.541. The van der Waals surface area contributed by atoms with Gasteiger partial charge in [-0.2, -0.15) is 5.10 Å². The lowest BCUT2D eigenvalue weighted by atomic mass is 10.1. The summed E-state index contributed by atoms with van der Waals surface area (Å²) in [5.74, 6) is 1.12. The molecule has 0 bridgehead atoms. The minimum atomic E-state index is 0.780. The molecule has 17 heavy (non-hydrogen) atoms. The van der Waals surface area contributed by atoms with Gasteiger partial charge >= 0.3 is 0 Å². The molecule has 1 heterocycles. The molecule has 0 aromatic carbocycles. The number of aromatic amines is 1. The van der Waals surface area contributed by atoms with Gasteiger partial charge in [0.15, 0.2) is 4.77 Å². The zero-order chi connectivity index (χ0) is 12.5. The van der Waals surface area contributed by atoms with Crippen molar-refractivity contribution >= 4 is 12.2 Å². The summed E-state index contributed by atoms with van der Waals surface area (Å²) < 4.78 is 2.94. The summed E-state index contributed by atoms with van der Waals surface area (Å²) in [4.78, 5) is 0. The molecule has 0 aliphatic heterocycles. The second-order valence-electron chi connectivity index (χ2n) is 4.61. The Labute approximate surface area is 110 Å². The van der Waals surface area contributed by atoms with Gasteiger partial charge in [-0.15, -0.1) is 0 Å². The van der Waals surface area contributed by atoms with Crippen molar-refractivity contribution in [1.29, 1.82) is 0 Å². The van der Waals surface area contributed by atoms with Crippen LogP contribution in [0.1, 0.15) is 64.6 Å². The van der Waals surface area contributed by atoms with Gasteiger partial charge in [-0.1, -0.05) is 46.0 Å². The van der Waals surface area contributed by atoms with E-state index < -0.39 is 0 Å². The van der Waals surface area contributed by atoms with Gasteiger partial charge in [0.2, 0.25) is 0 Å². The smallest absolute Gasteiger partial charge is 0.195 e. The van der Waals surface area contributed by atoms with Gasteiger partial charge in [0.25, 0.3) is 0 Å². The molecule has 3 nitrogen and oxygen atoms in total. The highest BCUT2D eigenvalue weighted by Gasteiger charge is 2.04. The van der Waals surface area contributed by atoms with Crippen molar-refractivity contribution in [3.05, 3.63) is 10.6 Å². The Kier molecular flexibility index (Phi) is 7.17. The van der Waals surface area contributed by atoms with Crippen LogP contribution in [0.3, 0.4) is 0 Å². The number of nitrogens with zero attached hydrogens (tertiary/aromatic N) is 2. The molecule has 0 saturated carbocycles. The topological polar surface area (TPSA) is 33.6 Å². The van der Waals surface area contributed by atoms with Gasteiger partial charge in [-0.3, -0.25) is 5.10 Å². The van der Waals surface area contributed by atoms with Crippen LogP contribution >= 0.6 is 12.2 Å². The largest absolute Gasteiger partial charge is 0.304 e. The van der Waals surface area contributed by atoms with Crippen LogP contribution < -0.4 is 0 Å². The number of hydrogen-bond donors (Lipinski definition) is 1. The highest BCUT2D eigenvalue weighted by atomic mass is 32.1. The normalized spacial score (nSPS) is 10.9. The van der Waals surface area contributed by atoms with Crippen LogP contribution in [0.25, 0.3) is 0 Å². The van der Waals surface area contributed by atoms with Crippen molar-refractivity contribution in [3.8, 4) is 0 Å². The first-order valence-corrected chi connectivity index (χ1v) is 7.34. The lowest BCUT2D eigenvalue weighted by Gasteiger charge is -2.05. The molecule has 0 unspecified atom stereocenters. The Morgan fingerprint density at radius 1 is 1.06 bits per heavy atom. The van der Waals surface area contributed by atoms with Crippen LogP contribution in [0.15, 0.2) is 0 Å². The SMILES string of the molecule is CCCCCCCCn1c(CCC)n[nH]c1=S. The Balaban J connectivity index is 2.30. The summed E-state index contributed by atoms with van der Waals surface area (Å²) in [6.45, 7) is 5.45. The van der Waals surface area contributed by atoms with E-state index in [9.17, 15) is 0 Å². The highest BCUT2D eigenvalue weighted by molar-refractivity contribution is 7.71. The zero-order valence-corrected chi connectivity index (χ0v) is 12.0. The second kappa shape index (κ2) is 8.45. The predicted molar refractivity (Wildman–Crippen MR) is 74.8 cm³/mol. The average Bonchev–Trinajstić information content (AvgIpc) is 2.66. The number of hydrogen-bond acceptors (Lipinski definition) is 2. The number of aromatic nitrogens is 3. The summed E-state index contributed by atoms with van der Waals surface area (Å²) in [5.41, 5.74) is 0. The fraction of sp³-hybridized carbons (Fsp3) is 0.846. The van der Waals surface area contributed by atoms with Gasteiger partial charge in [0.1, 0.15) is 5.82 Å². The molecule has 1 aromatic rings. The van der Waals surface area contributed by atoms with Gasteiger partial charge in [-0.05, 0) is 25.1 Å². The van der Waals surface area contributed by atoms with Gasteiger partial charge in [0.05, 0.1) is 0 Å². The first-order valence-electron chi connectivity index (χ1n) is 6.93. The van der Waals surface area contributed by atoms with E-state index in [-0.39, 0.29) is 0 Å². The maximum atomic E-state index is 5.25. The van der Waals surface area contributed by atoms with Crippen molar-refractivity contribution in [2.45, 2.75) is 71.8 Å². The monoisotopic (exact) mass is 255 g/mol. The van der Waals surface area contributed by atoms with Gasteiger partial charge in [-0.25, -0.2) is 0 Å². The van der Waals surface area contributed by atoms with E-state index in [0.29, 0.717) is 0 Å². The fourth-order valence-electron chi connectivity index (χ4n) is 2.05. The molecule has 0 aliphatic rings. The Bertz CT molecular complexity index is 354. The van der Waals surface area contributed by atoms with Crippen molar-refractivity contribution in [2.24, 2.45) is 0 Å². The molecular weight excluding hydrogens is 230 g/mol. The van der Waals surface area contributed by atoms with Crippen LogP contribution in [-0.4, -0.2) is 14.8 Å². The van der Waals surface area contributed by atoms with E-state index >= 15 is 0 Å². The van der Waals surface area contributed by atoms with Crippen molar-refractivity contribution in [1.82, 2.24) is 14.8 Å². The van der Waals surface area contributed by atoms with E-state index in [1.165, 1.54) is 38.5 Å². The average molecular weight is 255 g/mol. The molecule has 0 atom stereocenters. The van der Waals surface area contributed by atoms with Crippen LogP contribution in [0.2, 0.25) is 0 Å². The van der Waals surface area contributed by atoms with E-state index in [0.717, 1.165) is 30.0 Å². The maximum Gasteiger partial charge on any atom is 0.195 e. The number of nitrogens with one attached hydrogen (secondary N) is 1. The van der Waals surface area contributed by atoms with Crippen LogP contribution in [0, 0.1) is 4.77 Å². The maximum absolute atomic E-state index is 5.25. The summed E-state index contributed by atoms with van der Waals surface area (Å²) >= 11 is 5.25. The third-order valence-electron chi connectivity index (χ3n) is 3.05. The van der Waals surface area contributed by atoms with Gasteiger partial charge < -0.3 is 4.57 Å². The first-order chi connectivity index (χ1) is 8.29. The van der Waals surface area contributed by atoms with Crippen molar-refractivity contribution in [3.63, 3.8) is 0 Å². The van der Waals surface area contributed by atoms with Gasteiger partial charge in [0, 0.05) is 13.0 Å². The van der Waals surface area contributed by atoms with Crippen LogP contribution in [0.5, 0.6) is 0 Å². The summed E-state index contributed by atoms with van der Waals surface area (Å²) in [7, 11) is 0. The van der Waals surface area contributed by atoms with E-state index in [2.05, 4.69) is 28.6 Å². The molecule has 1 N–H and O–H groups in total. The molecule has 0 fully saturated rings. The third kappa shape index (κ3) is 5.02. The Morgan fingerprint density at radius 2 is 1.76 bits per heavy atom. The fourth-order valence-corrected chi connectivity index (χ4v) is 2.29. The number of rotatable bonds is 9. The van der Waals surface area contributed by atoms with Crippen LogP contribution in [-0.2, 0) is 13.0 Å². The van der Waals surface area contributed by atoms with Crippen LogP contribution in [0.4, 0.5) is 0 Å². The highest BCUT2D eigenvalue weighted by Crippen LogP contribution is 2.08. The second-order valence-corrected chi connectivity index (χ2v) is 5.00. The number of H-pyrrole nitrogens is 1. The Morgan fingerprint density at radius 3 is 2.47 bits per heavy atom. The minimum absolute atomic E-state index is 0.780. The first kappa shape index (κ1) is 14.4. The van der Waals surface area contributed by atoms with E-state index in [1.807, 2.05) is 0 Å². The Hall–Kier alpha value is -0.640. The molecule has 0 spiro atoms.